The van der Waals surface area contributed by atoms with Gasteiger partial charge in [-0.2, -0.15) is 4.68 Å². The Labute approximate surface area is 113 Å². The largest absolute Gasteiger partial charge is 0.343 e. The van der Waals surface area contributed by atoms with E-state index in [0.29, 0.717) is 0 Å². The summed E-state index contributed by atoms with van der Waals surface area (Å²) < 4.78 is 6.32. The van der Waals surface area contributed by atoms with Crippen LogP contribution in [0, 0.1) is 0 Å². The van der Waals surface area contributed by atoms with E-state index in [9.17, 15) is 0 Å². The number of hydrogen-bond acceptors (Lipinski definition) is 3. The Kier molecular flexibility index (Phi) is 2.25. The molecule has 5 heteroatoms. The Bertz CT molecular complexity index is 829. The van der Waals surface area contributed by atoms with Crippen LogP contribution in [0.25, 0.3) is 11.0 Å². The third-order valence-electron chi connectivity index (χ3n) is 2.99. The minimum absolute atomic E-state index is 0.870. The van der Waals surface area contributed by atoms with Gasteiger partial charge in [-0.15, -0.1) is 4.47 Å². The van der Waals surface area contributed by atoms with Crippen LogP contribution in [0.3, 0.4) is 0 Å². The van der Waals surface area contributed by atoms with Gasteiger partial charge in [0.2, 0.25) is 0 Å². The fourth-order valence-electron chi connectivity index (χ4n) is 2.10. The molecule has 1 aliphatic rings. The molecule has 1 aromatic heterocycles. The molecular weight excluding hydrogens is 256 g/mol. The van der Waals surface area contributed by atoms with Crippen molar-refractivity contribution >= 4 is 32.9 Å². The number of rotatable bonds is 1. The van der Waals surface area contributed by atoms with Gasteiger partial charge in [0.05, 0.1) is 11.0 Å². The van der Waals surface area contributed by atoms with Gasteiger partial charge in [-0.3, -0.25) is 0 Å². The highest BCUT2D eigenvalue weighted by Gasteiger charge is 2.18. The molecule has 0 fully saturated rings. The fourth-order valence-corrected chi connectivity index (χ4v) is 2.80. The zero-order chi connectivity index (χ0) is 12.7. The second kappa shape index (κ2) is 4.07. The standard InChI is InChI=1S/C14H10N4S/c1-2-6-10(7-3-1)15-14-13-16-11-8-4-5-9-12(11)18(13)17-19-14/h1-9,15H. The number of aromatic nitrogens is 2. The van der Waals surface area contributed by atoms with Crippen molar-refractivity contribution in [3.8, 4) is 0 Å². The van der Waals surface area contributed by atoms with Crippen molar-refractivity contribution in [3.05, 3.63) is 60.4 Å². The summed E-state index contributed by atoms with van der Waals surface area (Å²) in [7, 11) is 0. The van der Waals surface area contributed by atoms with Gasteiger partial charge in [0.25, 0.3) is 0 Å². The van der Waals surface area contributed by atoms with Gasteiger partial charge in [0.1, 0.15) is 0 Å². The van der Waals surface area contributed by atoms with E-state index in [0.717, 1.165) is 27.5 Å². The lowest BCUT2D eigenvalue weighted by molar-refractivity contribution is 0.924. The van der Waals surface area contributed by atoms with Gasteiger partial charge in [-0.25, -0.2) is 4.98 Å². The Morgan fingerprint density at radius 3 is 2.63 bits per heavy atom. The van der Waals surface area contributed by atoms with E-state index in [-0.39, 0.29) is 0 Å². The van der Waals surface area contributed by atoms with Crippen LogP contribution < -0.4 is 5.32 Å². The summed E-state index contributed by atoms with van der Waals surface area (Å²) in [5.41, 5.74) is 3.05. The first-order valence-electron chi connectivity index (χ1n) is 5.97. The number of nitrogens with one attached hydrogen (secondary N) is 1. The van der Waals surface area contributed by atoms with E-state index in [1.807, 2.05) is 59.3 Å². The van der Waals surface area contributed by atoms with E-state index in [1.54, 1.807) is 0 Å². The second-order valence-corrected chi connectivity index (χ2v) is 4.98. The molecule has 4 rings (SSSR count). The molecule has 1 aliphatic heterocycles. The maximum Gasteiger partial charge on any atom is 0.191 e. The highest BCUT2D eigenvalue weighted by Crippen LogP contribution is 2.19. The number of anilines is 1. The van der Waals surface area contributed by atoms with Crippen LogP contribution in [0.5, 0.6) is 0 Å². The molecule has 0 bridgehead atoms. The van der Waals surface area contributed by atoms with E-state index < -0.39 is 0 Å². The normalized spacial score (nSPS) is 12.9. The van der Waals surface area contributed by atoms with Crippen molar-refractivity contribution in [2.45, 2.75) is 0 Å². The third-order valence-corrected chi connectivity index (χ3v) is 3.70. The molecular formula is C14H10N4S. The quantitative estimate of drug-likeness (QED) is 0.688. The monoisotopic (exact) mass is 266 g/mol. The van der Waals surface area contributed by atoms with Crippen molar-refractivity contribution in [2.24, 2.45) is 4.47 Å². The Morgan fingerprint density at radius 1 is 0.947 bits per heavy atom. The SMILES string of the molecule is c1ccc(NC2=S=Nn3c2nc2ccccc23)cc1. The summed E-state index contributed by atoms with van der Waals surface area (Å²) in [5.74, 6) is 0.870. The van der Waals surface area contributed by atoms with Crippen molar-refractivity contribution in [3.63, 3.8) is 0 Å². The predicted octanol–water partition coefficient (Wildman–Crippen LogP) is 2.67. The van der Waals surface area contributed by atoms with Crippen LogP contribution in [-0.4, -0.2) is 14.6 Å². The van der Waals surface area contributed by atoms with Gasteiger partial charge in [0.15, 0.2) is 10.8 Å². The highest BCUT2D eigenvalue weighted by molar-refractivity contribution is 7.69. The third kappa shape index (κ3) is 1.67. The summed E-state index contributed by atoms with van der Waals surface area (Å²) in [4.78, 5) is 5.58. The molecule has 0 aliphatic carbocycles. The molecule has 4 nitrogen and oxygen atoms in total. The van der Waals surface area contributed by atoms with Crippen molar-refractivity contribution in [2.75, 3.05) is 5.32 Å². The number of benzene rings is 2. The lowest BCUT2D eigenvalue weighted by Gasteiger charge is -2.03. The van der Waals surface area contributed by atoms with Gasteiger partial charge in [0, 0.05) is 16.8 Å². The topological polar surface area (TPSA) is 42.2 Å². The predicted molar refractivity (Wildman–Crippen MR) is 79.1 cm³/mol. The maximum absolute atomic E-state index is 4.62. The Morgan fingerprint density at radius 2 is 1.74 bits per heavy atom. The van der Waals surface area contributed by atoms with Crippen molar-refractivity contribution in [1.82, 2.24) is 9.66 Å². The molecule has 3 aromatic rings. The molecule has 0 amide bonds. The number of fused-ring (bicyclic) bond motifs is 3. The number of imidazole rings is 1. The maximum atomic E-state index is 4.62. The van der Waals surface area contributed by atoms with E-state index in [4.69, 9.17) is 0 Å². The second-order valence-electron chi connectivity index (χ2n) is 4.23. The van der Waals surface area contributed by atoms with E-state index >= 15 is 0 Å². The molecule has 0 radical (unpaired) electrons. The Balaban J connectivity index is 1.78. The van der Waals surface area contributed by atoms with Gasteiger partial charge >= 0.3 is 0 Å². The minimum atomic E-state index is 0.870. The summed E-state index contributed by atoms with van der Waals surface area (Å²) in [6, 6.07) is 18.1. The molecule has 92 valence electrons. The molecule has 2 heterocycles. The highest BCUT2D eigenvalue weighted by atomic mass is 32.1. The van der Waals surface area contributed by atoms with Crippen LogP contribution in [-0.2, 0) is 11.1 Å². The molecule has 1 N–H and O–H groups in total. The molecule has 0 saturated heterocycles. The van der Waals surface area contributed by atoms with E-state index in [2.05, 4.69) is 14.8 Å². The van der Waals surface area contributed by atoms with Crippen LogP contribution in [0.15, 0.2) is 59.1 Å². The van der Waals surface area contributed by atoms with E-state index in [1.165, 1.54) is 11.1 Å². The van der Waals surface area contributed by atoms with Crippen molar-refractivity contribution < 1.29 is 0 Å². The lowest BCUT2D eigenvalue weighted by Crippen LogP contribution is -2.14. The molecule has 0 unspecified atom stereocenters. The number of hydrogen-bond donors (Lipinski definition) is 1. The van der Waals surface area contributed by atoms with Gasteiger partial charge in [-0.05, 0) is 24.3 Å². The first-order chi connectivity index (χ1) is 9.42. The van der Waals surface area contributed by atoms with Crippen LogP contribution in [0.4, 0.5) is 5.69 Å². The summed E-state index contributed by atoms with van der Waals surface area (Å²) in [6.45, 7) is 0. The summed E-state index contributed by atoms with van der Waals surface area (Å²) >= 11 is 1.42. The summed E-state index contributed by atoms with van der Waals surface area (Å²) in [6.07, 6.45) is 0. The molecule has 19 heavy (non-hydrogen) atoms. The molecule has 2 aromatic carbocycles. The van der Waals surface area contributed by atoms with Crippen molar-refractivity contribution in [1.29, 1.82) is 0 Å². The molecule has 0 spiro atoms. The molecule has 0 atom stereocenters. The fraction of sp³-hybridized carbons (Fsp3) is 0. The average molecular weight is 266 g/mol. The zero-order valence-electron chi connectivity index (χ0n) is 9.95. The van der Waals surface area contributed by atoms with Crippen LogP contribution >= 0.6 is 0 Å². The lowest BCUT2D eigenvalue weighted by atomic mass is 10.3. The average Bonchev–Trinajstić information content (AvgIpc) is 3.00. The van der Waals surface area contributed by atoms with Crippen LogP contribution in [0.2, 0.25) is 0 Å². The van der Waals surface area contributed by atoms with Crippen LogP contribution in [0.1, 0.15) is 5.82 Å². The zero-order valence-corrected chi connectivity index (χ0v) is 10.8. The Hall–Kier alpha value is -2.40. The first-order valence-corrected chi connectivity index (χ1v) is 6.74. The minimum Gasteiger partial charge on any atom is -0.343 e. The smallest absolute Gasteiger partial charge is 0.191 e. The number of nitrogens with zero attached hydrogens (tertiary/aromatic N) is 3. The summed E-state index contributed by atoms with van der Waals surface area (Å²) in [5, 5.41) is 3.36. The molecule has 0 saturated carbocycles. The van der Waals surface area contributed by atoms with Gasteiger partial charge in [-0.1, -0.05) is 30.3 Å². The number of para-hydroxylation sites is 3. The van der Waals surface area contributed by atoms with Gasteiger partial charge < -0.3 is 5.32 Å². The first kappa shape index (κ1) is 10.5.